The van der Waals surface area contributed by atoms with E-state index < -0.39 is 0 Å². The highest BCUT2D eigenvalue weighted by Crippen LogP contribution is 2.40. The Morgan fingerprint density at radius 2 is 1.79 bits per heavy atom. The number of benzene rings is 1. The number of nitrogens with zero attached hydrogens (tertiary/aromatic N) is 2. The van der Waals surface area contributed by atoms with Gasteiger partial charge in [0.15, 0.2) is 0 Å². The molecule has 1 aliphatic heterocycles. The molecule has 0 spiro atoms. The minimum Gasteiger partial charge on any atom is -0.352 e. The Morgan fingerprint density at radius 3 is 2.50 bits per heavy atom. The lowest BCUT2D eigenvalue weighted by Gasteiger charge is -2.17. The van der Waals surface area contributed by atoms with Crippen LogP contribution in [0, 0.1) is 5.82 Å². The molecular formula is C23H24FN3O. The number of halogens is 1. The first-order valence-corrected chi connectivity index (χ1v) is 9.90. The van der Waals surface area contributed by atoms with E-state index in [1.54, 1.807) is 24.5 Å². The van der Waals surface area contributed by atoms with Crippen LogP contribution in [0.1, 0.15) is 42.2 Å². The Balaban J connectivity index is 1.99. The van der Waals surface area contributed by atoms with Gasteiger partial charge in [-0.2, -0.15) is 0 Å². The molecule has 4 rings (SSSR count). The molecule has 1 amide bonds. The molecule has 4 nitrogen and oxygen atoms in total. The SMILES string of the molecule is CCCCCn1c2c(c(-c3ccc(F)cc3)c1-c1ccncc1)C(=O)NCC2. The second kappa shape index (κ2) is 7.97. The minimum atomic E-state index is -0.282. The number of pyridine rings is 1. The summed E-state index contributed by atoms with van der Waals surface area (Å²) in [5.41, 5.74) is 5.58. The summed E-state index contributed by atoms with van der Waals surface area (Å²) in [6.07, 6.45) is 7.67. The summed E-state index contributed by atoms with van der Waals surface area (Å²) in [6.45, 7) is 3.69. The van der Waals surface area contributed by atoms with Gasteiger partial charge in [-0.3, -0.25) is 9.78 Å². The standard InChI is InChI=1S/C23H24FN3O/c1-2-3-4-15-27-19-11-14-26-23(28)21(19)20(16-5-7-18(24)8-6-16)22(27)17-9-12-25-13-10-17/h5-10,12-13H,2-4,11,14-15H2,1H3,(H,26,28). The lowest BCUT2D eigenvalue weighted by Crippen LogP contribution is -2.32. The second-order valence-corrected chi connectivity index (χ2v) is 7.15. The van der Waals surface area contributed by atoms with E-state index in [2.05, 4.69) is 21.8 Å². The predicted molar refractivity (Wildman–Crippen MR) is 109 cm³/mol. The van der Waals surface area contributed by atoms with Crippen LogP contribution in [0.15, 0.2) is 48.8 Å². The molecule has 0 bridgehead atoms. The van der Waals surface area contributed by atoms with Gasteiger partial charge in [0.05, 0.1) is 11.3 Å². The van der Waals surface area contributed by atoms with Gasteiger partial charge < -0.3 is 9.88 Å². The second-order valence-electron chi connectivity index (χ2n) is 7.15. The van der Waals surface area contributed by atoms with Gasteiger partial charge >= 0.3 is 0 Å². The number of fused-ring (bicyclic) bond motifs is 1. The molecule has 0 atom stereocenters. The van der Waals surface area contributed by atoms with Crippen molar-refractivity contribution in [3.05, 3.63) is 65.9 Å². The monoisotopic (exact) mass is 377 g/mol. The van der Waals surface area contributed by atoms with Crippen molar-refractivity contribution in [3.63, 3.8) is 0 Å². The highest BCUT2D eigenvalue weighted by Gasteiger charge is 2.30. The van der Waals surface area contributed by atoms with Crippen LogP contribution in [0.3, 0.4) is 0 Å². The summed E-state index contributed by atoms with van der Waals surface area (Å²) in [5.74, 6) is -0.333. The van der Waals surface area contributed by atoms with Gasteiger partial charge in [0.25, 0.3) is 5.91 Å². The number of carbonyl (C=O) groups is 1. The van der Waals surface area contributed by atoms with Crippen molar-refractivity contribution in [1.29, 1.82) is 0 Å². The summed E-state index contributed by atoms with van der Waals surface area (Å²) in [6, 6.07) is 10.4. The Labute approximate surface area is 164 Å². The normalized spacial score (nSPS) is 13.3. The van der Waals surface area contributed by atoms with Crippen LogP contribution in [0.5, 0.6) is 0 Å². The van der Waals surface area contributed by atoms with Crippen molar-refractivity contribution in [3.8, 4) is 22.4 Å². The maximum Gasteiger partial charge on any atom is 0.253 e. The molecule has 2 aromatic heterocycles. The van der Waals surface area contributed by atoms with Crippen LogP contribution in [0.4, 0.5) is 4.39 Å². The number of nitrogens with one attached hydrogen (secondary N) is 1. The summed E-state index contributed by atoms with van der Waals surface area (Å²) < 4.78 is 15.9. The van der Waals surface area contributed by atoms with E-state index in [4.69, 9.17) is 0 Å². The van der Waals surface area contributed by atoms with E-state index >= 15 is 0 Å². The Bertz CT molecular complexity index is 977. The van der Waals surface area contributed by atoms with Crippen molar-refractivity contribution in [2.24, 2.45) is 0 Å². The Hall–Kier alpha value is -2.95. The number of aromatic nitrogens is 2. The molecule has 28 heavy (non-hydrogen) atoms. The predicted octanol–water partition coefficient (Wildman–Crippen LogP) is 4.83. The molecule has 144 valence electrons. The summed E-state index contributed by atoms with van der Waals surface area (Å²) in [4.78, 5) is 17.0. The quantitative estimate of drug-likeness (QED) is 0.625. The summed E-state index contributed by atoms with van der Waals surface area (Å²) in [7, 11) is 0. The zero-order valence-electron chi connectivity index (χ0n) is 16.0. The Kier molecular flexibility index (Phi) is 5.24. The highest BCUT2D eigenvalue weighted by atomic mass is 19.1. The topological polar surface area (TPSA) is 46.9 Å². The molecule has 1 aliphatic rings. The molecule has 0 saturated carbocycles. The number of rotatable bonds is 6. The molecule has 3 heterocycles. The largest absolute Gasteiger partial charge is 0.352 e. The van der Waals surface area contributed by atoms with Crippen LogP contribution in [0.2, 0.25) is 0 Å². The lowest BCUT2D eigenvalue weighted by molar-refractivity contribution is 0.0946. The van der Waals surface area contributed by atoms with E-state index in [9.17, 15) is 9.18 Å². The van der Waals surface area contributed by atoms with Crippen molar-refractivity contribution < 1.29 is 9.18 Å². The smallest absolute Gasteiger partial charge is 0.253 e. The van der Waals surface area contributed by atoms with E-state index in [0.717, 1.165) is 65.9 Å². The molecule has 5 heteroatoms. The molecule has 0 radical (unpaired) electrons. The third kappa shape index (κ3) is 3.33. The third-order valence-corrected chi connectivity index (χ3v) is 5.32. The van der Waals surface area contributed by atoms with Crippen LogP contribution < -0.4 is 5.32 Å². The zero-order chi connectivity index (χ0) is 19.5. The number of hydrogen-bond acceptors (Lipinski definition) is 2. The summed E-state index contributed by atoms with van der Waals surface area (Å²) in [5, 5.41) is 2.98. The maximum absolute atomic E-state index is 13.6. The van der Waals surface area contributed by atoms with E-state index in [1.807, 2.05) is 12.1 Å². The van der Waals surface area contributed by atoms with Gasteiger partial charge in [-0.05, 0) is 36.2 Å². The number of amides is 1. The third-order valence-electron chi connectivity index (χ3n) is 5.32. The van der Waals surface area contributed by atoms with E-state index in [1.165, 1.54) is 12.1 Å². The van der Waals surface area contributed by atoms with Crippen LogP contribution >= 0.6 is 0 Å². The van der Waals surface area contributed by atoms with E-state index in [0.29, 0.717) is 6.54 Å². The Morgan fingerprint density at radius 1 is 1.04 bits per heavy atom. The molecular weight excluding hydrogens is 353 g/mol. The fourth-order valence-corrected chi connectivity index (χ4v) is 4.03. The molecule has 0 unspecified atom stereocenters. The van der Waals surface area contributed by atoms with Gasteiger partial charge in [-0.1, -0.05) is 31.9 Å². The average molecular weight is 377 g/mol. The first-order chi connectivity index (χ1) is 13.7. The average Bonchev–Trinajstić information content (AvgIpc) is 3.05. The van der Waals surface area contributed by atoms with Crippen molar-refractivity contribution in [2.75, 3.05) is 6.54 Å². The van der Waals surface area contributed by atoms with Crippen molar-refractivity contribution in [1.82, 2.24) is 14.9 Å². The molecule has 0 aliphatic carbocycles. The lowest BCUT2D eigenvalue weighted by atomic mass is 9.95. The van der Waals surface area contributed by atoms with Crippen molar-refractivity contribution in [2.45, 2.75) is 39.2 Å². The number of unbranched alkanes of at least 4 members (excludes halogenated alkanes) is 2. The molecule has 1 aromatic carbocycles. The summed E-state index contributed by atoms with van der Waals surface area (Å²) >= 11 is 0. The van der Waals surface area contributed by atoms with Gasteiger partial charge in [0, 0.05) is 48.7 Å². The van der Waals surface area contributed by atoms with E-state index in [-0.39, 0.29) is 11.7 Å². The fourth-order valence-electron chi connectivity index (χ4n) is 4.03. The molecule has 3 aromatic rings. The van der Waals surface area contributed by atoms with Crippen LogP contribution in [-0.2, 0) is 13.0 Å². The highest BCUT2D eigenvalue weighted by molar-refractivity contribution is 6.07. The molecule has 1 N–H and O–H groups in total. The minimum absolute atomic E-state index is 0.0508. The maximum atomic E-state index is 13.6. The van der Waals surface area contributed by atoms with Gasteiger partial charge in [0.1, 0.15) is 5.82 Å². The van der Waals surface area contributed by atoms with Crippen LogP contribution in [-0.4, -0.2) is 22.0 Å². The fraction of sp³-hybridized carbons (Fsp3) is 0.304. The molecule has 0 fully saturated rings. The number of carbonyl (C=O) groups excluding carboxylic acids is 1. The van der Waals surface area contributed by atoms with Gasteiger partial charge in [0.2, 0.25) is 0 Å². The first kappa shape index (κ1) is 18.4. The zero-order valence-corrected chi connectivity index (χ0v) is 16.0. The van der Waals surface area contributed by atoms with Gasteiger partial charge in [-0.25, -0.2) is 4.39 Å². The first-order valence-electron chi connectivity index (χ1n) is 9.90. The van der Waals surface area contributed by atoms with Crippen molar-refractivity contribution >= 4 is 5.91 Å². The molecule has 0 saturated heterocycles. The number of hydrogen-bond donors (Lipinski definition) is 1. The van der Waals surface area contributed by atoms with Crippen LogP contribution in [0.25, 0.3) is 22.4 Å². The van der Waals surface area contributed by atoms with Gasteiger partial charge in [-0.15, -0.1) is 0 Å².